The van der Waals surface area contributed by atoms with Crippen LogP contribution in [0.5, 0.6) is 5.88 Å². The standard InChI is InChI=1S/C23H23F5N2O/c1-13(2)8-14(3)12-31-22-19(21(24)25)9-15(11-30-22)17-6-7-29-20-10-16(23(26,27)28)4-5-18(17)20/h4-7,9-11,13-14,21H,8,12H2,1-3H3. The molecule has 0 radical (unpaired) electrons. The Morgan fingerprint density at radius 2 is 1.74 bits per heavy atom. The van der Waals surface area contributed by atoms with Gasteiger partial charge in [0, 0.05) is 23.3 Å². The summed E-state index contributed by atoms with van der Waals surface area (Å²) in [6.45, 7) is 6.40. The highest BCUT2D eigenvalue weighted by molar-refractivity contribution is 5.94. The summed E-state index contributed by atoms with van der Waals surface area (Å²) in [5.74, 6) is 0.507. The average Bonchev–Trinajstić information content (AvgIpc) is 2.70. The Morgan fingerprint density at radius 3 is 2.39 bits per heavy atom. The van der Waals surface area contributed by atoms with Gasteiger partial charge in [-0.25, -0.2) is 13.8 Å². The van der Waals surface area contributed by atoms with Crippen molar-refractivity contribution in [1.82, 2.24) is 9.97 Å². The molecule has 3 rings (SSSR count). The van der Waals surface area contributed by atoms with Crippen LogP contribution in [0.1, 0.15) is 44.7 Å². The number of benzene rings is 1. The Bertz CT molecular complexity index is 1050. The summed E-state index contributed by atoms with van der Waals surface area (Å²) in [6.07, 6.45) is -3.68. The molecular weight excluding hydrogens is 415 g/mol. The van der Waals surface area contributed by atoms with Crippen LogP contribution >= 0.6 is 0 Å². The summed E-state index contributed by atoms with van der Waals surface area (Å²) in [6, 6.07) is 6.01. The second kappa shape index (κ2) is 9.16. The third kappa shape index (κ3) is 5.48. The van der Waals surface area contributed by atoms with Gasteiger partial charge in [0.1, 0.15) is 0 Å². The lowest BCUT2D eigenvalue weighted by atomic mass is 9.99. The fourth-order valence-corrected chi connectivity index (χ4v) is 3.56. The van der Waals surface area contributed by atoms with Gasteiger partial charge < -0.3 is 4.74 Å². The highest BCUT2D eigenvalue weighted by atomic mass is 19.4. The van der Waals surface area contributed by atoms with Gasteiger partial charge >= 0.3 is 6.18 Å². The summed E-state index contributed by atoms with van der Waals surface area (Å²) in [5, 5.41) is 0.414. The predicted molar refractivity (Wildman–Crippen MR) is 109 cm³/mol. The van der Waals surface area contributed by atoms with Crippen LogP contribution in [0.25, 0.3) is 22.0 Å². The van der Waals surface area contributed by atoms with Crippen LogP contribution < -0.4 is 4.74 Å². The number of ether oxygens (including phenoxy) is 1. The lowest BCUT2D eigenvalue weighted by molar-refractivity contribution is -0.137. The Labute approximate surface area is 177 Å². The van der Waals surface area contributed by atoms with Crippen LogP contribution in [0.2, 0.25) is 0 Å². The van der Waals surface area contributed by atoms with Crippen LogP contribution in [0.4, 0.5) is 22.0 Å². The maximum Gasteiger partial charge on any atom is 0.416 e. The lowest BCUT2D eigenvalue weighted by Crippen LogP contribution is -2.12. The number of fused-ring (bicyclic) bond motifs is 1. The number of hydrogen-bond acceptors (Lipinski definition) is 3. The number of alkyl halides is 5. The van der Waals surface area contributed by atoms with E-state index in [9.17, 15) is 22.0 Å². The minimum atomic E-state index is -4.50. The van der Waals surface area contributed by atoms with E-state index in [2.05, 4.69) is 23.8 Å². The van der Waals surface area contributed by atoms with Gasteiger partial charge in [-0.1, -0.05) is 26.8 Å². The van der Waals surface area contributed by atoms with Crippen LogP contribution in [-0.4, -0.2) is 16.6 Å². The minimum absolute atomic E-state index is 0.119. The molecule has 0 bridgehead atoms. The first kappa shape index (κ1) is 22.9. The Hall–Kier alpha value is -2.77. The largest absolute Gasteiger partial charge is 0.477 e. The molecule has 3 aromatic rings. The van der Waals surface area contributed by atoms with Crippen molar-refractivity contribution in [3.8, 4) is 17.0 Å². The molecule has 0 aliphatic carbocycles. The first-order valence-corrected chi connectivity index (χ1v) is 9.93. The smallest absolute Gasteiger partial charge is 0.416 e. The van der Waals surface area contributed by atoms with Gasteiger partial charge in [0.15, 0.2) is 0 Å². The number of rotatable bonds is 7. The van der Waals surface area contributed by atoms with Gasteiger partial charge in [-0.3, -0.25) is 4.98 Å². The van der Waals surface area contributed by atoms with Gasteiger partial charge in [0.2, 0.25) is 5.88 Å². The van der Waals surface area contributed by atoms with Crippen LogP contribution in [0.15, 0.2) is 42.7 Å². The molecule has 0 saturated heterocycles. The molecule has 2 aromatic heterocycles. The minimum Gasteiger partial charge on any atom is -0.477 e. The quantitative estimate of drug-likeness (QED) is 0.363. The zero-order valence-electron chi connectivity index (χ0n) is 17.4. The number of halogens is 5. The molecular formula is C23H23F5N2O. The molecule has 0 N–H and O–H groups in total. The highest BCUT2D eigenvalue weighted by Crippen LogP contribution is 2.36. The molecule has 1 aromatic carbocycles. The molecule has 0 saturated carbocycles. The zero-order valence-corrected chi connectivity index (χ0v) is 17.4. The molecule has 2 heterocycles. The fourth-order valence-electron chi connectivity index (χ4n) is 3.56. The number of pyridine rings is 2. The molecule has 8 heteroatoms. The first-order chi connectivity index (χ1) is 14.6. The monoisotopic (exact) mass is 438 g/mol. The van der Waals surface area contributed by atoms with Gasteiger partial charge in [0.05, 0.1) is 23.3 Å². The van der Waals surface area contributed by atoms with E-state index in [0.29, 0.717) is 22.4 Å². The molecule has 3 nitrogen and oxygen atoms in total. The normalized spacial score (nSPS) is 13.2. The van der Waals surface area contributed by atoms with E-state index in [1.54, 1.807) is 6.07 Å². The SMILES string of the molecule is CC(C)CC(C)COc1ncc(-c2ccnc3cc(C(F)(F)F)ccc23)cc1C(F)F. The highest BCUT2D eigenvalue weighted by Gasteiger charge is 2.30. The van der Waals surface area contributed by atoms with E-state index in [-0.39, 0.29) is 29.5 Å². The van der Waals surface area contributed by atoms with Crippen LogP contribution in [0.3, 0.4) is 0 Å². The van der Waals surface area contributed by atoms with E-state index < -0.39 is 18.2 Å². The van der Waals surface area contributed by atoms with Crippen molar-refractivity contribution >= 4 is 10.9 Å². The van der Waals surface area contributed by atoms with E-state index >= 15 is 0 Å². The van der Waals surface area contributed by atoms with Gasteiger partial charge in [-0.2, -0.15) is 13.2 Å². The van der Waals surface area contributed by atoms with Crippen LogP contribution in [0, 0.1) is 11.8 Å². The molecule has 0 fully saturated rings. The lowest BCUT2D eigenvalue weighted by Gasteiger charge is -2.17. The summed E-state index contributed by atoms with van der Waals surface area (Å²) in [4.78, 5) is 8.08. The average molecular weight is 438 g/mol. The second-order valence-corrected chi connectivity index (χ2v) is 8.05. The van der Waals surface area contributed by atoms with Crippen molar-refractivity contribution in [2.45, 2.75) is 39.8 Å². The maximum absolute atomic E-state index is 13.7. The third-order valence-corrected chi connectivity index (χ3v) is 4.87. The fraction of sp³-hybridized carbons (Fsp3) is 0.391. The Kier molecular flexibility index (Phi) is 6.77. The maximum atomic E-state index is 13.7. The van der Waals surface area contributed by atoms with E-state index in [1.807, 2.05) is 6.92 Å². The van der Waals surface area contributed by atoms with Crippen molar-refractivity contribution in [2.24, 2.45) is 11.8 Å². The van der Waals surface area contributed by atoms with E-state index in [0.717, 1.165) is 18.6 Å². The summed E-state index contributed by atoms with van der Waals surface area (Å²) >= 11 is 0. The van der Waals surface area contributed by atoms with Crippen molar-refractivity contribution in [3.63, 3.8) is 0 Å². The Balaban J connectivity index is 1.96. The molecule has 166 valence electrons. The van der Waals surface area contributed by atoms with Gasteiger partial charge in [0.25, 0.3) is 6.43 Å². The van der Waals surface area contributed by atoms with Crippen molar-refractivity contribution in [3.05, 3.63) is 53.9 Å². The van der Waals surface area contributed by atoms with Crippen molar-refractivity contribution in [1.29, 1.82) is 0 Å². The van der Waals surface area contributed by atoms with Gasteiger partial charge in [-0.15, -0.1) is 0 Å². The number of aromatic nitrogens is 2. The predicted octanol–water partition coefficient (Wildman–Crippen LogP) is 7.31. The molecule has 31 heavy (non-hydrogen) atoms. The summed E-state index contributed by atoms with van der Waals surface area (Å²) in [7, 11) is 0. The molecule has 0 amide bonds. The van der Waals surface area contributed by atoms with E-state index in [1.165, 1.54) is 24.5 Å². The third-order valence-electron chi connectivity index (χ3n) is 4.87. The topological polar surface area (TPSA) is 35.0 Å². The second-order valence-electron chi connectivity index (χ2n) is 8.05. The summed E-state index contributed by atoms with van der Waals surface area (Å²) in [5.41, 5.74) is -0.243. The molecule has 1 atom stereocenters. The molecule has 0 spiro atoms. The van der Waals surface area contributed by atoms with E-state index in [4.69, 9.17) is 4.74 Å². The first-order valence-electron chi connectivity index (χ1n) is 9.93. The number of hydrogen-bond donors (Lipinski definition) is 0. The number of nitrogens with zero attached hydrogens (tertiary/aromatic N) is 2. The van der Waals surface area contributed by atoms with Gasteiger partial charge in [-0.05, 0) is 48.1 Å². The Morgan fingerprint density at radius 1 is 1.00 bits per heavy atom. The zero-order chi connectivity index (χ0) is 22.8. The van der Waals surface area contributed by atoms with Crippen molar-refractivity contribution < 1.29 is 26.7 Å². The molecule has 1 unspecified atom stereocenters. The summed E-state index contributed by atoms with van der Waals surface area (Å²) < 4.78 is 71.9. The molecule has 0 aliphatic heterocycles. The van der Waals surface area contributed by atoms with Crippen molar-refractivity contribution in [2.75, 3.05) is 6.61 Å². The van der Waals surface area contributed by atoms with Crippen LogP contribution in [-0.2, 0) is 6.18 Å². The molecule has 0 aliphatic rings.